The van der Waals surface area contributed by atoms with Gasteiger partial charge in [-0.05, 0) is 17.7 Å². The first-order valence-corrected chi connectivity index (χ1v) is 10.8. The Hall–Kier alpha value is -3.73. The van der Waals surface area contributed by atoms with Gasteiger partial charge in [-0.15, -0.1) is 11.3 Å². The smallest absolute Gasteiger partial charge is 0.260 e. The lowest BCUT2D eigenvalue weighted by molar-refractivity contribution is -0.119. The summed E-state index contributed by atoms with van der Waals surface area (Å²) < 4.78 is 6.00. The van der Waals surface area contributed by atoms with Crippen LogP contribution < -0.4 is 26.4 Å². The monoisotopic (exact) mass is 454 g/mol. The minimum absolute atomic E-state index is 0.150. The van der Waals surface area contributed by atoms with Gasteiger partial charge in [-0.3, -0.25) is 14.4 Å². The molecule has 2 amide bonds. The number of primary amides is 1. The van der Waals surface area contributed by atoms with Crippen molar-refractivity contribution in [1.82, 2.24) is 9.97 Å². The first-order chi connectivity index (χ1) is 15.3. The van der Waals surface area contributed by atoms with Crippen molar-refractivity contribution in [2.45, 2.75) is 26.4 Å². The number of aromatic nitrogens is 2. The second-order valence-corrected chi connectivity index (χ2v) is 8.41. The average molecular weight is 455 g/mol. The van der Waals surface area contributed by atoms with Crippen LogP contribution >= 0.6 is 11.3 Å². The van der Waals surface area contributed by atoms with Crippen LogP contribution in [0.5, 0.6) is 5.88 Å². The highest BCUT2D eigenvalue weighted by atomic mass is 32.1. The second-order valence-electron chi connectivity index (χ2n) is 7.41. The Balaban J connectivity index is 1.65. The molecule has 3 aromatic rings. The number of carbonyl (C=O) groups is 3. The van der Waals surface area contributed by atoms with E-state index in [1.165, 1.54) is 6.92 Å². The molecule has 0 spiro atoms. The Morgan fingerprint density at radius 2 is 1.88 bits per heavy atom. The molecule has 32 heavy (non-hydrogen) atoms. The summed E-state index contributed by atoms with van der Waals surface area (Å²) in [5.74, 6) is 0.0721. The maximum atomic E-state index is 11.8. The summed E-state index contributed by atoms with van der Waals surface area (Å²) in [6.45, 7) is 2.65. The van der Waals surface area contributed by atoms with Crippen molar-refractivity contribution in [1.29, 1.82) is 0 Å². The first-order valence-electron chi connectivity index (χ1n) is 9.97. The molecule has 1 saturated heterocycles. The van der Waals surface area contributed by atoms with Crippen LogP contribution in [0, 0.1) is 0 Å². The fourth-order valence-corrected chi connectivity index (χ4v) is 4.34. The van der Waals surface area contributed by atoms with Gasteiger partial charge in [0.05, 0.1) is 11.1 Å². The normalized spacial score (nSPS) is 13.9. The van der Waals surface area contributed by atoms with Gasteiger partial charge < -0.3 is 26.4 Å². The van der Waals surface area contributed by atoms with Crippen molar-refractivity contribution in [3.63, 3.8) is 0 Å². The molecule has 4 rings (SSSR count). The molecule has 0 radical (unpaired) electrons. The van der Waals surface area contributed by atoms with E-state index in [0.717, 1.165) is 16.9 Å². The Morgan fingerprint density at radius 3 is 2.50 bits per heavy atom. The third-order valence-corrected chi connectivity index (χ3v) is 6.14. The van der Waals surface area contributed by atoms with Crippen LogP contribution in [0.3, 0.4) is 0 Å². The van der Waals surface area contributed by atoms with Crippen molar-refractivity contribution in [3.8, 4) is 5.88 Å². The molecule has 3 heterocycles. The second kappa shape index (κ2) is 8.79. The molecule has 5 N–H and O–H groups in total. The number of hydrogen-bond acceptors (Lipinski definition) is 9. The van der Waals surface area contributed by atoms with E-state index in [1.807, 2.05) is 17.0 Å². The first kappa shape index (κ1) is 21.5. The number of piperidine rings is 1. The van der Waals surface area contributed by atoms with E-state index in [-0.39, 0.29) is 34.7 Å². The number of nitrogen functional groups attached to an aromatic ring is 1. The summed E-state index contributed by atoms with van der Waals surface area (Å²) in [6.07, 6.45) is 0.856. The van der Waals surface area contributed by atoms with Gasteiger partial charge in [-0.1, -0.05) is 12.1 Å². The van der Waals surface area contributed by atoms with E-state index in [4.69, 9.17) is 16.2 Å². The van der Waals surface area contributed by atoms with Crippen LogP contribution in [0.2, 0.25) is 0 Å². The molecule has 0 unspecified atom stereocenters. The number of amides is 2. The van der Waals surface area contributed by atoms with Gasteiger partial charge in [0, 0.05) is 38.5 Å². The summed E-state index contributed by atoms with van der Waals surface area (Å²) in [4.78, 5) is 46.3. The lowest BCUT2D eigenvalue weighted by Gasteiger charge is -2.26. The Labute approximate surface area is 187 Å². The molecule has 1 aromatic carbocycles. The van der Waals surface area contributed by atoms with Gasteiger partial charge >= 0.3 is 0 Å². The lowest BCUT2D eigenvalue weighted by atomic mass is 10.1. The van der Waals surface area contributed by atoms with Crippen LogP contribution in [0.25, 0.3) is 10.2 Å². The summed E-state index contributed by atoms with van der Waals surface area (Å²) >= 11 is 1.09. The molecule has 2 aromatic heterocycles. The number of carbonyl (C=O) groups excluding carboxylic acids is 3. The highest BCUT2D eigenvalue weighted by molar-refractivity contribution is 7.21. The predicted molar refractivity (Wildman–Crippen MR) is 122 cm³/mol. The van der Waals surface area contributed by atoms with Gasteiger partial charge in [0.15, 0.2) is 0 Å². The number of nitrogens with zero attached hydrogens (tertiary/aromatic N) is 3. The number of rotatable bonds is 6. The molecule has 0 saturated carbocycles. The fraction of sp³-hybridized carbons (Fsp3) is 0.286. The standard InChI is InChI=1S/C21H22N6O4S/c1-11(28)24-13-4-2-12(3-5-13)10-31-19-15-16(22)17(18(23)30)32-20(15)26-21(25-19)27-8-6-14(29)7-9-27/h2-5H,6-10,22H2,1H3,(H2,23,30)(H,24,28). The summed E-state index contributed by atoms with van der Waals surface area (Å²) in [7, 11) is 0. The quantitative estimate of drug-likeness (QED) is 0.511. The van der Waals surface area contributed by atoms with Gasteiger partial charge in [-0.2, -0.15) is 4.98 Å². The molecule has 11 heteroatoms. The van der Waals surface area contributed by atoms with Crippen LogP contribution in [-0.2, 0) is 16.2 Å². The minimum atomic E-state index is -0.643. The number of thiophene rings is 1. The van der Waals surface area contributed by atoms with Crippen LogP contribution in [0.4, 0.5) is 17.3 Å². The number of nitrogens with one attached hydrogen (secondary N) is 1. The zero-order valence-electron chi connectivity index (χ0n) is 17.4. The summed E-state index contributed by atoms with van der Waals surface area (Å²) in [5, 5.41) is 3.15. The number of ketones is 1. The average Bonchev–Trinajstić information content (AvgIpc) is 3.10. The number of anilines is 3. The molecule has 1 aliphatic rings. The predicted octanol–water partition coefficient (Wildman–Crippen LogP) is 2.08. The number of fused-ring (bicyclic) bond motifs is 1. The third kappa shape index (κ3) is 4.47. The molecular weight excluding hydrogens is 432 g/mol. The Morgan fingerprint density at radius 1 is 1.19 bits per heavy atom. The third-order valence-electron chi connectivity index (χ3n) is 5.02. The van der Waals surface area contributed by atoms with E-state index in [9.17, 15) is 14.4 Å². The van der Waals surface area contributed by atoms with E-state index in [0.29, 0.717) is 47.8 Å². The highest BCUT2D eigenvalue weighted by Gasteiger charge is 2.24. The Kier molecular flexibility index (Phi) is 5.91. The lowest BCUT2D eigenvalue weighted by Crippen LogP contribution is -2.35. The molecule has 0 bridgehead atoms. The number of nitrogens with two attached hydrogens (primary N) is 2. The van der Waals surface area contributed by atoms with Crippen molar-refractivity contribution < 1.29 is 19.1 Å². The van der Waals surface area contributed by atoms with Gasteiger partial charge in [0.25, 0.3) is 5.91 Å². The van der Waals surface area contributed by atoms with Gasteiger partial charge in [0.1, 0.15) is 22.1 Å². The van der Waals surface area contributed by atoms with Crippen LogP contribution in [-0.4, -0.2) is 40.7 Å². The molecule has 0 atom stereocenters. The van der Waals surface area contributed by atoms with Crippen molar-refractivity contribution in [2.75, 3.05) is 29.0 Å². The maximum absolute atomic E-state index is 11.8. The van der Waals surface area contributed by atoms with E-state index in [1.54, 1.807) is 12.1 Å². The summed E-state index contributed by atoms with van der Waals surface area (Å²) in [6, 6.07) is 7.20. The minimum Gasteiger partial charge on any atom is -0.472 e. The largest absolute Gasteiger partial charge is 0.472 e. The zero-order chi connectivity index (χ0) is 22.8. The molecule has 0 aliphatic carbocycles. The zero-order valence-corrected chi connectivity index (χ0v) is 18.2. The SMILES string of the molecule is CC(=O)Nc1ccc(COc2nc(N3CCC(=O)CC3)nc3sc(C(N)=O)c(N)c23)cc1. The maximum Gasteiger partial charge on any atom is 0.260 e. The topological polar surface area (TPSA) is 154 Å². The van der Waals surface area contributed by atoms with E-state index < -0.39 is 5.91 Å². The summed E-state index contributed by atoms with van der Waals surface area (Å²) in [5.41, 5.74) is 13.4. The van der Waals surface area contributed by atoms with Crippen LogP contribution in [0.15, 0.2) is 24.3 Å². The molecular formula is C21H22N6O4S. The number of ether oxygens (including phenoxy) is 1. The number of Topliss-reactive ketones (excluding diaryl/α,β-unsaturated/α-hetero) is 1. The highest BCUT2D eigenvalue weighted by Crippen LogP contribution is 2.39. The van der Waals surface area contributed by atoms with Gasteiger partial charge in [-0.25, -0.2) is 4.98 Å². The molecule has 10 nitrogen and oxygen atoms in total. The van der Waals surface area contributed by atoms with Gasteiger partial charge in [0.2, 0.25) is 17.7 Å². The van der Waals surface area contributed by atoms with E-state index in [2.05, 4.69) is 15.3 Å². The van der Waals surface area contributed by atoms with Crippen molar-refractivity contribution >= 4 is 56.5 Å². The number of hydrogen-bond donors (Lipinski definition) is 3. The fourth-order valence-electron chi connectivity index (χ4n) is 3.40. The molecule has 166 valence electrons. The number of benzene rings is 1. The van der Waals surface area contributed by atoms with Crippen LogP contribution in [0.1, 0.15) is 35.0 Å². The van der Waals surface area contributed by atoms with E-state index >= 15 is 0 Å². The van der Waals surface area contributed by atoms with Crippen molar-refractivity contribution in [3.05, 3.63) is 34.7 Å². The Bertz CT molecular complexity index is 1200. The molecule has 1 aliphatic heterocycles. The van der Waals surface area contributed by atoms with Crippen molar-refractivity contribution in [2.24, 2.45) is 5.73 Å². The molecule has 1 fully saturated rings.